The molecule has 1 aromatic heterocycles. The Labute approximate surface area is 48.3 Å². The normalized spacial score (nSPS) is 9.00. The molecule has 1 heterocycles. The molecule has 0 atom stereocenters. The lowest BCUT2D eigenvalue weighted by molar-refractivity contribution is 1.16. The topological polar surface area (TPSA) is 28.7 Å². The number of H-pyrrole nitrogens is 1. The highest BCUT2D eigenvalue weighted by Gasteiger charge is 1.84. The van der Waals surface area contributed by atoms with Crippen molar-refractivity contribution in [2.45, 2.75) is 6.42 Å². The predicted octanol–water partition coefficient (Wildman–Crippen LogP) is 1.14. The Kier molecular flexibility index (Phi) is 1.47. The average Bonchev–Trinajstić information content (AvgIpc) is 2.19. The summed E-state index contributed by atoms with van der Waals surface area (Å²) in [5.74, 6) is 0. The number of imidazole rings is 1. The van der Waals surface area contributed by atoms with E-state index in [1.54, 1.807) is 12.5 Å². The van der Waals surface area contributed by atoms with Crippen LogP contribution in [0.2, 0.25) is 0 Å². The van der Waals surface area contributed by atoms with Crippen molar-refractivity contribution in [2.75, 3.05) is 0 Å². The number of hydrogen-bond acceptors (Lipinski definition) is 1. The second-order valence-corrected chi connectivity index (χ2v) is 1.57. The number of hydrogen-bond donors (Lipinski definition) is 1. The largest absolute Gasteiger partial charge is 0.348 e. The first-order chi connectivity index (χ1) is 3.93. The molecule has 0 radical (unpaired) electrons. The third-order valence-electron chi connectivity index (χ3n) is 0.919. The van der Waals surface area contributed by atoms with Crippen LogP contribution in [-0.4, -0.2) is 9.97 Å². The summed E-state index contributed by atoms with van der Waals surface area (Å²) in [6, 6.07) is 0. The van der Waals surface area contributed by atoms with E-state index in [-0.39, 0.29) is 0 Å². The zero-order valence-corrected chi connectivity index (χ0v) is 4.59. The molecule has 0 aliphatic carbocycles. The quantitative estimate of drug-likeness (QED) is 0.565. The summed E-state index contributed by atoms with van der Waals surface area (Å²) in [6.07, 6.45) is 6.17. The van der Waals surface area contributed by atoms with E-state index in [1.165, 1.54) is 0 Å². The van der Waals surface area contributed by atoms with Crippen molar-refractivity contribution in [3.63, 3.8) is 0 Å². The molecule has 0 spiro atoms. The predicted molar refractivity (Wildman–Crippen MR) is 32.5 cm³/mol. The van der Waals surface area contributed by atoms with E-state index in [0.717, 1.165) is 12.1 Å². The van der Waals surface area contributed by atoms with Gasteiger partial charge in [-0.15, -0.1) is 6.58 Å². The standard InChI is InChI=1S/C6H8N2/c1-2-3-6-4-7-5-8-6/h2,4-5H,1,3H2,(H,7,8). The van der Waals surface area contributed by atoms with Crippen LogP contribution in [0.15, 0.2) is 25.2 Å². The Hall–Kier alpha value is -1.05. The average molecular weight is 108 g/mol. The summed E-state index contributed by atoms with van der Waals surface area (Å²) < 4.78 is 0. The Bertz CT molecular complexity index is 153. The maximum absolute atomic E-state index is 3.84. The molecule has 0 aliphatic heterocycles. The van der Waals surface area contributed by atoms with Crippen LogP contribution >= 0.6 is 0 Å². The number of nitrogens with one attached hydrogen (secondary N) is 1. The van der Waals surface area contributed by atoms with Crippen molar-refractivity contribution >= 4 is 0 Å². The van der Waals surface area contributed by atoms with Crippen LogP contribution in [0.4, 0.5) is 0 Å². The zero-order chi connectivity index (χ0) is 5.82. The molecule has 1 aromatic rings. The molecule has 1 rings (SSSR count). The maximum atomic E-state index is 3.84. The first-order valence-electron chi connectivity index (χ1n) is 2.51. The van der Waals surface area contributed by atoms with Crippen LogP contribution in [0.25, 0.3) is 0 Å². The summed E-state index contributed by atoms with van der Waals surface area (Å²) in [4.78, 5) is 6.79. The van der Waals surface area contributed by atoms with Crippen LogP contribution in [-0.2, 0) is 6.42 Å². The molecule has 0 unspecified atom stereocenters. The summed E-state index contributed by atoms with van der Waals surface area (Å²) in [5, 5.41) is 0. The SMILES string of the molecule is C=CCc1cnc[nH]1. The van der Waals surface area contributed by atoms with Crippen molar-refractivity contribution in [3.8, 4) is 0 Å². The molecular weight excluding hydrogens is 100 g/mol. The minimum atomic E-state index is 0.875. The van der Waals surface area contributed by atoms with Crippen molar-refractivity contribution in [3.05, 3.63) is 30.9 Å². The minimum absolute atomic E-state index is 0.875. The Morgan fingerprint density at radius 2 is 2.75 bits per heavy atom. The van der Waals surface area contributed by atoms with Gasteiger partial charge >= 0.3 is 0 Å². The second kappa shape index (κ2) is 2.31. The van der Waals surface area contributed by atoms with Gasteiger partial charge < -0.3 is 4.98 Å². The van der Waals surface area contributed by atoms with Gasteiger partial charge in [0.1, 0.15) is 0 Å². The van der Waals surface area contributed by atoms with Gasteiger partial charge in [-0.1, -0.05) is 6.08 Å². The van der Waals surface area contributed by atoms with Crippen molar-refractivity contribution in [1.29, 1.82) is 0 Å². The Morgan fingerprint density at radius 3 is 3.25 bits per heavy atom. The summed E-state index contributed by atoms with van der Waals surface area (Å²) in [5.41, 5.74) is 1.11. The number of rotatable bonds is 2. The van der Waals surface area contributed by atoms with Gasteiger partial charge in [0, 0.05) is 18.3 Å². The second-order valence-electron chi connectivity index (χ2n) is 1.57. The fourth-order valence-electron chi connectivity index (χ4n) is 0.552. The smallest absolute Gasteiger partial charge is 0.0921 e. The Morgan fingerprint density at radius 1 is 1.88 bits per heavy atom. The third kappa shape index (κ3) is 0.964. The van der Waals surface area contributed by atoms with E-state index in [4.69, 9.17) is 0 Å². The van der Waals surface area contributed by atoms with Gasteiger partial charge in [0.25, 0.3) is 0 Å². The van der Waals surface area contributed by atoms with Crippen molar-refractivity contribution < 1.29 is 0 Å². The van der Waals surface area contributed by atoms with Crippen molar-refractivity contribution in [2.24, 2.45) is 0 Å². The first-order valence-corrected chi connectivity index (χ1v) is 2.51. The monoisotopic (exact) mass is 108 g/mol. The number of nitrogens with zero attached hydrogens (tertiary/aromatic N) is 1. The van der Waals surface area contributed by atoms with Gasteiger partial charge in [-0.2, -0.15) is 0 Å². The van der Waals surface area contributed by atoms with Crippen LogP contribution in [0, 0.1) is 0 Å². The molecule has 42 valence electrons. The lowest BCUT2D eigenvalue weighted by Crippen LogP contribution is -1.75. The third-order valence-corrected chi connectivity index (χ3v) is 0.919. The highest BCUT2D eigenvalue weighted by Crippen LogP contribution is 1.90. The van der Waals surface area contributed by atoms with Gasteiger partial charge in [0.15, 0.2) is 0 Å². The lowest BCUT2D eigenvalue weighted by atomic mass is 10.3. The van der Waals surface area contributed by atoms with E-state index in [0.29, 0.717) is 0 Å². The molecule has 0 aliphatic rings. The fraction of sp³-hybridized carbons (Fsp3) is 0.167. The summed E-state index contributed by atoms with van der Waals surface area (Å²) >= 11 is 0. The number of allylic oxidation sites excluding steroid dienone is 1. The minimum Gasteiger partial charge on any atom is -0.348 e. The molecule has 1 N–H and O–H groups in total. The number of aromatic amines is 1. The lowest BCUT2D eigenvalue weighted by Gasteiger charge is -1.82. The van der Waals surface area contributed by atoms with Gasteiger partial charge in [-0.3, -0.25) is 0 Å². The molecule has 0 saturated carbocycles. The molecule has 0 bridgehead atoms. The van der Waals surface area contributed by atoms with E-state index < -0.39 is 0 Å². The first kappa shape index (κ1) is 5.09. The van der Waals surface area contributed by atoms with Gasteiger partial charge in [-0.25, -0.2) is 4.98 Å². The highest BCUT2D eigenvalue weighted by atomic mass is 14.8. The van der Waals surface area contributed by atoms with E-state index in [1.807, 2.05) is 6.08 Å². The maximum Gasteiger partial charge on any atom is 0.0921 e. The Balaban J connectivity index is 2.62. The molecule has 2 nitrogen and oxygen atoms in total. The van der Waals surface area contributed by atoms with E-state index in [9.17, 15) is 0 Å². The zero-order valence-electron chi connectivity index (χ0n) is 4.59. The molecule has 8 heavy (non-hydrogen) atoms. The van der Waals surface area contributed by atoms with E-state index >= 15 is 0 Å². The van der Waals surface area contributed by atoms with Crippen LogP contribution < -0.4 is 0 Å². The van der Waals surface area contributed by atoms with E-state index in [2.05, 4.69) is 16.5 Å². The van der Waals surface area contributed by atoms with Crippen LogP contribution in [0.1, 0.15) is 5.69 Å². The molecule has 0 amide bonds. The molecule has 0 fully saturated rings. The summed E-state index contributed by atoms with van der Waals surface area (Å²) in [6.45, 7) is 3.59. The van der Waals surface area contributed by atoms with Gasteiger partial charge in [0.2, 0.25) is 0 Å². The van der Waals surface area contributed by atoms with Gasteiger partial charge in [0.05, 0.1) is 6.33 Å². The van der Waals surface area contributed by atoms with Crippen LogP contribution in [0.5, 0.6) is 0 Å². The molecular formula is C6H8N2. The highest BCUT2D eigenvalue weighted by molar-refractivity contribution is 4.98. The van der Waals surface area contributed by atoms with Crippen molar-refractivity contribution in [1.82, 2.24) is 9.97 Å². The molecule has 0 saturated heterocycles. The van der Waals surface area contributed by atoms with Crippen LogP contribution in [0.3, 0.4) is 0 Å². The number of aromatic nitrogens is 2. The molecule has 2 heteroatoms. The fourth-order valence-corrected chi connectivity index (χ4v) is 0.552. The van der Waals surface area contributed by atoms with Gasteiger partial charge in [-0.05, 0) is 0 Å². The molecule has 0 aromatic carbocycles. The summed E-state index contributed by atoms with van der Waals surface area (Å²) in [7, 11) is 0.